The fourth-order valence-electron chi connectivity index (χ4n) is 4.18. The van der Waals surface area contributed by atoms with Gasteiger partial charge in [-0.05, 0) is 93.3 Å². The van der Waals surface area contributed by atoms with Gasteiger partial charge in [-0.2, -0.15) is 4.31 Å². The molecule has 0 saturated carbocycles. The average Bonchev–Trinajstić information content (AvgIpc) is 2.71. The summed E-state index contributed by atoms with van der Waals surface area (Å²) in [6.45, 7) is 13.2. The third kappa shape index (κ3) is 5.01. The molecule has 1 N–H and O–H groups in total. The van der Waals surface area contributed by atoms with Crippen molar-refractivity contribution in [2.45, 2.75) is 65.3 Å². The quantitative estimate of drug-likeness (QED) is 0.721. The molecular formula is C25H34N2O3S. The normalized spacial score (nSPS) is 16.8. The summed E-state index contributed by atoms with van der Waals surface area (Å²) < 4.78 is 27.8. The van der Waals surface area contributed by atoms with Crippen molar-refractivity contribution >= 4 is 15.9 Å². The molecule has 3 rings (SSSR count). The molecule has 1 aliphatic heterocycles. The van der Waals surface area contributed by atoms with E-state index in [0.29, 0.717) is 24.6 Å². The van der Waals surface area contributed by atoms with Crippen molar-refractivity contribution in [1.29, 1.82) is 0 Å². The van der Waals surface area contributed by atoms with Gasteiger partial charge in [0, 0.05) is 18.7 Å². The van der Waals surface area contributed by atoms with Gasteiger partial charge in [0.2, 0.25) is 10.0 Å². The van der Waals surface area contributed by atoms with Crippen molar-refractivity contribution in [1.82, 2.24) is 9.62 Å². The number of carbonyl (C=O) groups is 1. The van der Waals surface area contributed by atoms with E-state index in [-0.39, 0.29) is 16.8 Å². The summed E-state index contributed by atoms with van der Waals surface area (Å²) >= 11 is 0. The molecule has 0 bridgehead atoms. The molecule has 168 valence electrons. The zero-order valence-corrected chi connectivity index (χ0v) is 20.3. The first kappa shape index (κ1) is 23.5. The number of hydrogen-bond acceptors (Lipinski definition) is 3. The lowest BCUT2D eigenvalue weighted by Gasteiger charge is -2.29. The molecule has 0 radical (unpaired) electrons. The van der Waals surface area contributed by atoms with Crippen LogP contribution >= 0.6 is 0 Å². The molecule has 0 spiro atoms. The van der Waals surface area contributed by atoms with Crippen molar-refractivity contribution in [3.63, 3.8) is 0 Å². The number of rotatable bonds is 5. The first-order valence-electron chi connectivity index (χ1n) is 11.0. The van der Waals surface area contributed by atoms with Crippen LogP contribution in [-0.4, -0.2) is 31.7 Å². The van der Waals surface area contributed by atoms with E-state index < -0.39 is 10.0 Å². The number of nitrogens with one attached hydrogen (secondary N) is 1. The number of sulfonamides is 1. The smallest absolute Gasteiger partial charge is 0.252 e. The number of benzene rings is 2. The van der Waals surface area contributed by atoms with E-state index in [4.69, 9.17) is 0 Å². The predicted octanol–water partition coefficient (Wildman–Crippen LogP) is 4.83. The van der Waals surface area contributed by atoms with E-state index in [9.17, 15) is 13.2 Å². The lowest BCUT2D eigenvalue weighted by molar-refractivity contribution is 0.0939. The fourth-order valence-corrected chi connectivity index (χ4v) is 5.68. The van der Waals surface area contributed by atoms with Gasteiger partial charge in [0.05, 0.1) is 10.9 Å². The highest BCUT2D eigenvalue weighted by molar-refractivity contribution is 7.89. The minimum atomic E-state index is -3.60. The molecule has 1 heterocycles. The van der Waals surface area contributed by atoms with Crippen LogP contribution in [0.2, 0.25) is 0 Å². The summed E-state index contributed by atoms with van der Waals surface area (Å²) in [5.41, 5.74) is 5.76. The number of nitrogens with zero attached hydrogens (tertiary/aromatic N) is 1. The molecular weight excluding hydrogens is 408 g/mol. The van der Waals surface area contributed by atoms with Gasteiger partial charge in [-0.15, -0.1) is 0 Å². The molecule has 1 aliphatic rings. The second-order valence-electron chi connectivity index (χ2n) is 9.05. The van der Waals surface area contributed by atoms with Crippen molar-refractivity contribution in [2.75, 3.05) is 13.1 Å². The standard InChI is InChI=1S/C25H34N2O3S/c1-16-9-11-27(12-10-16)31(29,30)22-8-7-17(2)24(15-22)25(28)26-21(6)23-14-19(4)18(3)13-20(23)5/h7-8,13-16,21H,9-12H2,1-6H3,(H,26,28)/t21-/m0/s1. The Balaban J connectivity index is 1.84. The average molecular weight is 443 g/mol. The predicted molar refractivity (Wildman–Crippen MR) is 125 cm³/mol. The summed E-state index contributed by atoms with van der Waals surface area (Å²) in [7, 11) is -3.60. The topological polar surface area (TPSA) is 66.5 Å². The fraction of sp³-hybridized carbons (Fsp3) is 0.480. The molecule has 2 aromatic carbocycles. The van der Waals surface area contributed by atoms with Gasteiger partial charge in [-0.1, -0.05) is 25.1 Å². The first-order valence-corrected chi connectivity index (χ1v) is 12.4. The molecule has 1 saturated heterocycles. The Morgan fingerprint density at radius 2 is 1.58 bits per heavy atom. The van der Waals surface area contributed by atoms with Gasteiger partial charge < -0.3 is 5.32 Å². The maximum absolute atomic E-state index is 13.1. The van der Waals surface area contributed by atoms with E-state index in [0.717, 1.165) is 29.5 Å². The summed E-state index contributed by atoms with van der Waals surface area (Å²) in [6.07, 6.45) is 1.73. The highest BCUT2D eigenvalue weighted by Gasteiger charge is 2.29. The van der Waals surface area contributed by atoms with Crippen molar-refractivity contribution in [3.8, 4) is 0 Å². The Bertz CT molecular complexity index is 1080. The van der Waals surface area contributed by atoms with Gasteiger partial charge >= 0.3 is 0 Å². The van der Waals surface area contributed by atoms with Crippen molar-refractivity contribution in [2.24, 2.45) is 5.92 Å². The molecule has 0 aromatic heterocycles. The van der Waals surface area contributed by atoms with Crippen LogP contribution in [0.25, 0.3) is 0 Å². The monoisotopic (exact) mass is 442 g/mol. The number of carbonyl (C=O) groups excluding carboxylic acids is 1. The molecule has 0 unspecified atom stereocenters. The zero-order chi connectivity index (χ0) is 22.9. The molecule has 31 heavy (non-hydrogen) atoms. The Morgan fingerprint density at radius 3 is 2.23 bits per heavy atom. The molecule has 1 atom stereocenters. The van der Waals surface area contributed by atoms with Gasteiger partial charge in [0.1, 0.15) is 0 Å². The summed E-state index contributed by atoms with van der Waals surface area (Å²) in [6, 6.07) is 8.91. The van der Waals surface area contributed by atoms with Gasteiger partial charge in [-0.25, -0.2) is 8.42 Å². The van der Waals surface area contributed by atoms with E-state index in [1.54, 1.807) is 16.4 Å². The number of piperidine rings is 1. The lowest BCUT2D eigenvalue weighted by atomic mass is 9.96. The Morgan fingerprint density at radius 1 is 0.968 bits per heavy atom. The van der Waals surface area contributed by atoms with Crippen LogP contribution in [0.1, 0.15) is 70.9 Å². The van der Waals surface area contributed by atoms with E-state index in [1.807, 2.05) is 20.8 Å². The van der Waals surface area contributed by atoms with Crippen LogP contribution in [0.15, 0.2) is 35.2 Å². The van der Waals surface area contributed by atoms with Crippen molar-refractivity contribution < 1.29 is 13.2 Å². The Kier molecular flexibility index (Phi) is 6.92. The third-order valence-corrected chi connectivity index (χ3v) is 8.43. The van der Waals surface area contributed by atoms with E-state index in [1.165, 1.54) is 17.2 Å². The maximum atomic E-state index is 13.1. The molecule has 5 nitrogen and oxygen atoms in total. The highest BCUT2D eigenvalue weighted by atomic mass is 32.2. The summed E-state index contributed by atoms with van der Waals surface area (Å²) in [5.74, 6) is 0.285. The molecule has 2 aromatic rings. The lowest BCUT2D eigenvalue weighted by Crippen LogP contribution is -2.38. The number of aryl methyl sites for hydroxylation is 4. The van der Waals surface area contributed by atoms with Crippen LogP contribution < -0.4 is 5.32 Å². The first-order chi connectivity index (χ1) is 14.5. The van der Waals surface area contributed by atoms with Crippen molar-refractivity contribution in [3.05, 3.63) is 63.7 Å². The SMILES string of the molecule is Cc1cc(C)c([C@H](C)NC(=O)c2cc(S(=O)(=O)N3CCC(C)CC3)ccc2C)cc1C. The third-order valence-electron chi connectivity index (χ3n) is 6.53. The van der Waals surface area contributed by atoms with Crippen LogP contribution in [0, 0.1) is 33.6 Å². The van der Waals surface area contributed by atoms with Gasteiger partial charge in [0.15, 0.2) is 0 Å². The molecule has 0 aliphatic carbocycles. The van der Waals surface area contributed by atoms with Crippen LogP contribution in [-0.2, 0) is 10.0 Å². The van der Waals surface area contributed by atoms with E-state index in [2.05, 4.69) is 38.2 Å². The second kappa shape index (κ2) is 9.13. The largest absolute Gasteiger partial charge is 0.345 e. The zero-order valence-electron chi connectivity index (χ0n) is 19.5. The second-order valence-corrected chi connectivity index (χ2v) is 11.0. The summed E-state index contributed by atoms with van der Waals surface area (Å²) in [4.78, 5) is 13.3. The molecule has 1 amide bonds. The minimum Gasteiger partial charge on any atom is -0.345 e. The molecule has 6 heteroatoms. The number of amides is 1. The minimum absolute atomic E-state index is 0.185. The molecule has 1 fully saturated rings. The Hall–Kier alpha value is -2.18. The maximum Gasteiger partial charge on any atom is 0.252 e. The van der Waals surface area contributed by atoms with Gasteiger partial charge in [0.25, 0.3) is 5.91 Å². The highest BCUT2D eigenvalue weighted by Crippen LogP contribution is 2.26. The Labute approximate surface area is 186 Å². The van der Waals surface area contributed by atoms with Crippen LogP contribution in [0.5, 0.6) is 0 Å². The van der Waals surface area contributed by atoms with Crippen LogP contribution in [0.4, 0.5) is 0 Å². The number of hydrogen-bond donors (Lipinski definition) is 1. The van der Waals surface area contributed by atoms with Gasteiger partial charge in [-0.3, -0.25) is 4.79 Å². The summed E-state index contributed by atoms with van der Waals surface area (Å²) in [5, 5.41) is 3.06. The van der Waals surface area contributed by atoms with Crippen LogP contribution in [0.3, 0.4) is 0 Å². The van der Waals surface area contributed by atoms with E-state index >= 15 is 0 Å².